The second-order valence-corrected chi connectivity index (χ2v) is 5.22. The van der Waals surface area contributed by atoms with Gasteiger partial charge in [0.25, 0.3) is 10.2 Å². The largest absolute Gasteiger partial charge is 0.480 e. The first-order valence-electron chi connectivity index (χ1n) is 4.37. The molecule has 0 saturated heterocycles. The van der Waals surface area contributed by atoms with Crippen LogP contribution in [0, 0.1) is 0 Å². The lowest BCUT2D eigenvalue weighted by molar-refractivity contribution is -0.139. The Hall–Kier alpha value is -1.19. The summed E-state index contributed by atoms with van der Waals surface area (Å²) in [6.07, 6.45) is -0.384. The molecule has 0 aromatic rings. The van der Waals surface area contributed by atoms with Gasteiger partial charge in [-0.2, -0.15) is 17.4 Å². The van der Waals surface area contributed by atoms with Crippen molar-refractivity contribution in [3.63, 3.8) is 0 Å². The first kappa shape index (κ1) is 14.8. The van der Waals surface area contributed by atoms with Crippen molar-refractivity contribution in [1.82, 2.24) is 9.03 Å². The van der Waals surface area contributed by atoms with Crippen molar-refractivity contribution in [1.29, 1.82) is 0 Å². The van der Waals surface area contributed by atoms with Crippen LogP contribution < -0.4 is 10.5 Å². The van der Waals surface area contributed by atoms with E-state index in [1.807, 2.05) is 4.72 Å². The van der Waals surface area contributed by atoms with Gasteiger partial charge in [0.2, 0.25) is 5.91 Å². The maximum atomic E-state index is 11.3. The third-order valence-electron chi connectivity index (χ3n) is 1.75. The maximum Gasteiger partial charge on any atom is 0.321 e. The van der Waals surface area contributed by atoms with Crippen LogP contribution in [0.4, 0.5) is 0 Å². The predicted molar refractivity (Wildman–Crippen MR) is 55.6 cm³/mol. The van der Waals surface area contributed by atoms with Crippen LogP contribution in [0.2, 0.25) is 0 Å². The van der Waals surface area contributed by atoms with E-state index in [2.05, 4.69) is 0 Å². The third kappa shape index (κ3) is 5.05. The number of nitrogens with one attached hydrogen (secondary N) is 1. The molecule has 0 radical (unpaired) electrons. The fraction of sp³-hybridized carbons (Fsp3) is 0.714. The van der Waals surface area contributed by atoms with E-state index >= 15 is 0 Å². The van der Waals surface area contributed by atoms with Crippen LogP contribution in [0.1, 0.15) is 12.8 Å². The van der Waals surface area contributed by atoms with Crippen molar-refractivity contribution in [2.24, 2.45) is 5.73 Å². The number of aliphatic carboxylic acids is 1. The Bertz CT molecular complexity index is 364. The number of primary amides is 1. The summed E-state index contributed by atoms with van der Waals surface area (Å²) in [6.45, 7) is 0. The van der Waals surface area contributed by atoms with Crippen molar-refractivity contribution < 1.29 is 23.1 Å². The second kappa shape index (κ2) is 5.77. The molecule has 0 saturated carbocycles. The summed E-state index contributed by atoms with van der Waals surface area (Å²) < 4.78 is 25.4. The van der Waals surface area contributed by atoms with Crippen molar-refractivity contribution in [3.8, 4) is 0 Å². The second-order valence-electron chi connectivity index (χ2n) is 3.30. The number of carbonyl (C=O) groups excluding carboxylic acids is 1. The molecule has 0 aromatic carbocycles. The summed E-state index contributed by atoms with van der Waals surface area (Å²) in [6, 6.07) is -1.36. The van der Waals surface area contributed by atoms with E-state index in [1.165, 1.54) is 14.1 Å². The fourth-order valence-corrected chi connectivity index (χ4v) is 1.59. The molecule has 4 N–H and O–H groups in total. The molecule has 0 aromatic heterocycles. The minimum Gasteiger partial charge on any atom is -0.480 e. The molecule has 1 amide bonds. The van der Waals surface area contributed by atoms with E-state index in [4.69, 9.17) is 10.8 Å². The molecule has 8 nitrogen and oxygen atoms in total. The quantitative estimate of drug-likeness (QED) is 0.488. The van der Waals surface area contributed by atoms with Crippen LogP contribution in [0.3, 0.4) is 0 Å². The lowest BCUT2D eigenvalue weighted by Crippen LogP contribution is -2.46. The molecule has 0 aliphatic rings. The van der Waals surface area contributed by atoms with Gasteiger partial charge < -0.3 is 10.8 Å². The van der Waals surface area contributed by atoms with E-state index < -0.39 is 28.1 Å². The highest BCUT2D eigenvalue weighted by atomic mass is 32.2. The molecular weight excluding hydrogens is 238 g/mol. The van der Waals surface area contributed by atoms with Gasteiger partial charge in [0.15, 0.2) is 0 Å². The smallest absolute Gasteiger partial charge is 0.321 e. The minimum atomic E-state index is -3.84. The monoisotopic (exact) mass is 253 g/mol. The van der Waals surface area contributed by atoms with Crippen LogP contribution in [-0.2, 0) is 19.8 Å². The molecule has 0 fully saturated rings. The predicted octanol–water partition coefficient (Wildman–Crippen LogP) is -1.90. The van der Waals surface area contributed by atoms with Crippen molar-refractivity contribution in [2.45, 2.75) is 18.9 Å². The third-order valence-corrected chi connectivity index (χ3v) is 3.29. The number of nitrogens with two attached hydrogens (primary N) is 1. The number of carbonyl (C=O) groups is 2. The Morgan fingerprint density at radius 1 is 1.44 bits per heavy atom. The molecule has 0 aliphatic carbocycles. The molecule has 0 bridgehead atoms. The van der Waals surface area contributed by atoms with E-state index in [9.17, 15) is 18.0 Å². The standard InChI is InChI=1S/C7H15N3O5S/c1-10(2)16(14,15)9-5(7(12)13)3-4-6(8)11/h5,9H,3-4H2,1-2H3,(H2,8,11)(H,12,13). The number of nitrogens with zero attached hydrogens (tertiary/aromatic N) is 1. The first-order valence-corrected chi connectivity index (χ1v) is 5.81. The van der Waals surface area contributed by atoms with Gasteiger partial charge in [-0.3, -0.25) is 9.59 Å². The van der Waals surface area contributed by atoms with Gasteiger partial charge in [-0.25, -0.2) is 0 Å². The number of carboxylic acid groups (broad SMARTS) is 1. The topological polar surface area (TPSA) is 130 Å². The summed E-state index contributed by atoms with van der Waals surface area (Å²) in [5, 5.41) is 8.73. The number of hydrogen-bond donors (Lipinski definition) is 3. The molecule has 0 rings (SSSR count). The average Bonchev–Trinajstić information content (AvgIpc) is 2.11. The Morgan fingerprint density at radius 2 is 1.94 bits per heavy atom. The highest BCUT2D eigenvalue weighted by Crippen LogP contribution is 2.01. The summed E-state index contributed by atoms with van der Waals surface area (Å²) in [5.74, 6) is -2.04. The molecule has 0 heterocycles. The van der Waals surface area contributed by atoms with E-state index in [0.29, 0.717) is 0 Å². The van der Waals surface area contributed by atoms with Crippen LogP contribution in [-0.4, -0.2) is 49.8 Å². The maximum absolute atomic E-state index is 11.3. The molecule has 0 spiro atoms. The molecule has 1 unspecified atom stereocenters. The number of amides is 1. The van der Waals surface area contributed by atoms with E-state index in [0.717, 1.165) is 4.31 Å². The normalized spacial score (nSPS) is 13.7. The van der Waals surface area contributed by atoms with E-state index in [1.54, 1.807) is 0 Å². The van der Waals surface area contributed by atoms with Crippen molar-refractivity contribution >= 4 is 22.1 Å². The molecule has 16 heavy (non-hydrogen) atoms. The number of hydrogen-bond acceptors (Lipinski definition) is 4. The van der Waals surface area contributed by atoms with Crippen LogP contribution in [0.15, 0.2) is 0 Å². The van der Waals surface area contributed by atoms with Gasteiger partial charge >= 0.3 is 5.97 Å². The summed E-state index contributed by atoms with van der Waals surface area (Å²) in [5.41, 5.74) is 4.84. The van der Waals surface area contributed by atoms with Crippen molar-refractivity contribution in [3.05, 3.63) is 0 Å². The van der Waals surface area contributed by atoms with Crippen LogP contribution in [0.5, 0.6) is 0 Å². The molecule has 1 atom stereocenters. The van der Waals surface area contributed by atoms with Gasteiger partial charge in [0.05, 0.1) is 0 Å². The zero-order chi connectivity index (χ0) is 12.9. The van der Waals surface area contributed by atoms with Crippen LogP contribution in [0.25, 0.3) is 0 Å². The van der Waals surface area contributed by atoms with Crippen LogP contribution >= 0.6 is 0 Å². The minimum absolute atomic E-state index is 0.183. The summed E-state index contributed by atoms with van der Waals surface area (Å²) in [7, 11) is -1.32. The number of carboxylic acids is 1. The fourth-order valence-electron chi connectivity index (χ4n) is 0.805. The SMILES string of the molecule is CN(C)S(=O)(=O)NC(CCC(N)=O)C(=O)O. The average molecular weight is 253 g/mol. The Morgan fingerprint density at radius 3 is 2.25 bits per heavy atom. The Kier molecular flexibility index (Phi) is 5.35. The Labute approximate surface area is 93.6 Å². The lowest BCUT2D eigenvalue weighted by Gasteiger charge is -2.17. The zero-order valence-electron chi connectivity index (χ0n) is 9.00. The van der Waals surface area contributed by atoms with Gasteiger partial charge in [-0.1, -0.05) is 0 Å². The molecule has 0 aliphatic heterocycles. The van der Waals surface area contributed by atoms with Gasteiger partial charge in [-0.05, 0) is 6.42 Å². The van der Waals surface area contributed by atoms with Gasteiger partial charge in [-0.15, -0.1) is 0 Å². The molecule has 94 valence electrons. The molecule has 9 heteroatoms. The summed E-state index contributed by atoms with van der Waals surface area (Å²) in [4.78, 5) is 21.2. The highest BCUT2D eigenvalue weighted by Gasteiger charge is 2.25. The van der Waals surface area contributed by atoms with E-state index in [-0.39, 0.29) is 12.8 Å². The number of rotatable bonds is 7. The lowest BCUT2D eigenvalue weighted by atomic mass is 10.2. The first-order chi connectivity index (χ1) is 7.16. The molecular formula is C7H15N3O5S. The zero-order valence-corrected chi connectivity index (χ0v) is 9.82. The summed E-state index contributed by atoms with van der Waals surface area (Å²) >= 11 is 0. The van der Waals surface area contributed by atoms with Gasteiger partial charge in [0, 0.05) is 20.5 Å². The Balaban J connectivity index is 4.58. The van der Waals surface area contributed by atoms with Gasteiger partial charge in [0.1, 0.15) is 6.04 Å². The van der Waals surface area contributed by atoms with Crippen molar-refractivity contribution in [2.75, 3.05) is 14.1 Å². The highest BCUT2D eigenvalue weighted by molar-refractivity contribution is 7.87.